The van der Waals surface area contributed by atoms with Crippen LogP contribution in [0, 0.1) is 27.7 Å². The first-order valence-corrected chi connectivity index (χ1v) is 11.6. The van der Waals surface area contributed by atoms with Crippen LogP contribution >= 0.6 is 11.8 Å². The van der Waals surface area contributed by atoms with Gasteiger partial charge in [0.2, 0.25) is 0 Å². The lowest BCUT2D eigenvalue weighted by atomic mass is 10.2. The quantitative estimate of drug-likeness (QED) is 0.570. The number of benzene rings is 1. The number of hydrogen-bond acceptors (Lipinski definition) is 4. The first-order valence-electron chi connectivity index (χ1n) is 8.80. The van der Waals surface area contributed by atoms with Crippen LogP contribution < -0.4 is 0 Å². The molecule has 1 fully saturated rings. The number of sulfone groups is 1. The highest BCUT2D eigenvalue weighted by Gasteiger charge is 2.31. The van der Waals surface area contributed by atoms with E-state index in [0.717, 1.165) is 16.3 Å². The Balaban J connectivity index is 1.78. The fraction of sp³-hybridized carbons (Fsp3) is 0.450. The van der Waals surface area contributed by atoms with Crippen LogP contribution in [-0.4, -0.2) is 36.0 Å². The van der Waals surface area contributed by atoms with Crippen LogP contribution in [0.4, 0.5) is 0 Å². The van der Waals surface area contributed by atoms with E-state index >= 15 is 0 Å². The first kappa shape index (κ1) is 19.2. The summed E-state index contributed by atoms with van der Waals surface area (Å²) in [6, 6.07) is 8.12. The van der Waals surface area contributed by atoms with Gasteiger partial charge in [-0.15, -0.1) is 11.8 Å². The van der Waals surface area contributed by atoms with Crippen molar-refractivity contribution in [3.8, 4) is 0 Å². The number of aryl methyl sites for hydroxylation is 3. The summed E-state index contributed by atoms with van der Waals surface area (Å²) >= 11 is 1.57. The van der Waals surface area contributed by atoms with E-state index in [1.165, 1.54) is 11.1 Å². The molecule has 0 aliphatic carbocycles. The molecule has 2 heterocycles. The molecule has 0 spiro atoms. The molecule has 4 nitrogen and oxygen atoms in total. The third-order valence-electron chi connectivity index (χ3n) is 5.06. The Morgan fingerprint density at radius 1 is 1.19 bits per heavy atom. The van der Waals surface area contributed by atoms with E-state index in [-0.39, 0.29) is 23.3 Å². The average Bonchev–Trinajstić information content (AvgIpc) is 3.06. The SMILES string of the molecule is Cc1ccc(C)c(SCC(=O)c2cc(C)n([C@@H]3CCS(=O)(=O)C3)c2C)c1. The van der Waals surface area contributed by atoms with Gasteiger partial charge in [0.15, 0.2) is 15.6 Å². The number of thioether (sulfide) groups is 1. The number of Topliss-reactive ketones (excluding diaryl/α,β-unsaturated/α-hetero) is 1. The van der Waals surface area contributed by atoms with E-state index in [4.69, 9.17) is 0 Å². The number of ketones is 1. The molecule has 140 valence electrons. The third kappa shape index (κ3) is 3.91. The molecule has 0 unspecified atom stereocenters. The van der Waals surface area contributed by atoms with E-state index in [2.05, 4.69) is 32.0 Å². The van der Waals surface area contributed by atoms with Gasteiger partial charge < -0.3 is 4.57 Å². The van der Waals surface area contributed by atoms with Crippen molar-refractivity contribution in [2.24, 2.45) is 0 Å². The summed E-state index contributed by atoms with van der Waals surface area (Å²) < 4.78 is 25.7. The third-order valence-corrected chi connectivity index (χ3v) is 7.97. The summed E-state index contributed by atoms with van der Waals surface area (Å²) in [4.78, 5) is 13.9. The van der Waals surface area contributed by atoms with Crippen molar-refractivity contribution in [1.82, 2.24) is 4.57 Å². The summed E-state index contributed by atoms with van der Waals surface area (Å²) in [6.07, 6.45) is 0.629. The topological polar surface area (TPSA) is 56.1 Å². The second kappa shape index (κ2) is 7.24. The van der Waals surface area contributed by atoms with E-state index in [1.54, 1.807) is 11.8 Å². The highest BCUT2D eigenvalue weighted by molar-refractivity contribution is 8.00. The number of rotatable bonds is 5. The molecule has 3 rings (SSSR count). The zero-order valence-corrected chi connectivity index (χ0v) is 17.3. The average molecular weight is 392 g/mol. The maximum absolute atomic E-state index is 12.8. The van der Waals surface area contributed by atoms with E-state index in [9.17, 15) is 13.2 Å². The second-order valence-electron chi connectivity index (χ2n) is 7.19. The van der Waals surface area contributed by atoms with Gasteiger partial charge in [-0.2, -0.15) is 0 Å². The molecule has 0 bridgehead atoms. The minimum Gasteiger partial charge on any atom is -0.344 e. The molecule has 1 aliphatic heterocycles. The van der Waals surface area contributed by atoms with Gasteiger partial charge in [-0.05, 0) is 51.8 Å². The molecule has 1 aromatic heterocycles. The molecular weight excluding hydrogens is 366 g/mol. The molecule has 6 heteroatoms. The normalized spacial score (nSPS) is 19.0. The molecule has 1 aliphatic rings. The molecule has 1 aromatic carbocycles. The monoisotopic (exact) mass is 391 g/mol. The Hall–Kier alpha value is -1.53. The maximum Gasteiger partial charge on any atom is 0.174 e. The molecule has 1 saturated heterocycles. The summed E-state index contributed by atoms with van der Waals surface area (Å²) in [7, 11) is -2.95. The van der Waals surface area contributed by atoms with Crippen molar-refractivity contribution in [3.63, 3.8) is 0 Å². The van der Waals surface area contributed by atoms with Gasteiger partial charge in [-0.3, -0.25) is 4.79 Å². The van der Waals surface area contributed by atoms with Gasteiger partial charge in [0.05, 0.1) is 17.3 Å². The van der Waals surface area contributed by atoms with Crippen molar-refractivity contribution in [2.45, 2.75) is 45.1 Å². The zero-order chi connectivity index (χ0) is 19.1. The van der Waals surface area contributed by atoms with Crippen LogP contribution in [0.1, 0.15) is 45.3 Å². The summed E-state index contributed by atoms with van der Waals surface area (Å²) in [5.41, 5.74) is 4.92. The Labute approximate surface area is 159 Å². The van der Waals surface area contributed by atoms with Crippen LogP contribution in [0.15, 0.2) is 29.2 Å². The van der Waals surface area contributed by atoms with Crippen LogP contribution in [0.25, 0.3) is 0 Å². The van der Waals surface area contributed by atoms with Crippen molar-refractivity contribution < 1.29 is 13.2 Å². The highest BCUT2D eigenvalue weighted by Crippen LogP contribution is 2.30. The standard InChI is InChI=1S/C20H25NO3S2/c1-13-5-6-14(2)20(9-13)25-11-19(22)18-10-15(3)21(16(18)4)17-7-8-26(23,24)12-17/h5-6,9-10,17H,7-8,11-12H2,1-4H3/t17-/m1/s1. The van der Waals surface area contributed by atoms with Crippen molar-refractivity contribution in [1.29, 1.82) is 0 Å². The van der Waals surface area contributed by atoms with Gasteiger partial charge in [0.1, 0.15) is 0 Å². The summed E-state index contributed by atoms with van der Waals surface area (Å²) in [5, 5.41) is 0. The Bertz CT molecular complexity index is 958. The molecule has 1 atom stereocenters. The molecule has 26 heavy (non-hydrogen) atoms. The minimum absolute atomic E-state index is 0.0479. The Morgan fingerprint density at radius 2 is 1.92 bits per heavy atom. The van der Waals surface area contributed by atoms with Crippen LogP contribution in [0.2, 0.25) is 0 Å². The molecule has 2 aromatic rings. The van der Waals surface area contributed by atoms with Gasteiger partial charge in [0.25, 0.3) is 0 Å². The molecule has 0 amide bonds. The molecule has 0 radical (unpaired) electrons. The number of carbonyl (C=O) groups excluding carboxylic acids is 1. The number of carbonyl (C=O) groups is 1. The maximum atomic E-state index is 12.8. The van der Waals surface area contributed by atoms with E-state index < -0.39 is 9.84 Å². The van der Waals surface area contributed by atoms with Crippen LogP contribution in [0.5, 0.6) is 0 Å². The number of hydrogen-bond donors (Lipinski definition) is 0. The lowest BCUT2D eigenvalue weighted by Gasteiger charge is -2.16. The zero-order valence-electron chi connectivity index (χ0n) is 15.7. The van der Waals surface area contributed by atoms with Gasteiger partial charge in [0, 0.05) is 27.9 Å². The molecule has 0 N–H and O–H groups in total. The predicted octanol–water partition coefficient (Wildman–Crippen LogP) is 4.06. The minimum atomic E-state index is -2.95. The van der Waals surface area contributed by atoms with E-state index in [1.807, 2.05) is 24.5 Å². The summed E-state index contributed by atoms with van der Waals surface area (Å²) in [6.45, 7) is 7.98. The molecular formula is C20H25NO3S2. The summed E-state index contributed by atoms with van der Waals surface area (Å²) in [5.74, 6) is 0.892. The van der Waals surface area contributed by atoms with Gasteiger partial charge in [-0.25, -0.2) is 8.42 Å². The fourth-order valence-electron chi connectivity index (χ4n) is 3.68. The van der Waals surface area contributed by atoms with Gasteiger partial charge >= 0.3 is 0 Å². The smallest absolute Gasteiger partial charge is 0.174 e. The van der Waals surface area contributed by atoms with E-state index in [0.29, 0.717) is 17.7 Å². The predicted molar refractivity (Wildman–Crippen MR) is 107 cm³/mol. The number of nitrogens with zero attached hydrogens (tertiary/aromatic N) is 1. The van der Waals surface area contributed by atoms with Crippen LogP contribution in [0.3, 0.4) is 0 Å². The molecule has 0 saturated carbocycles. The Kier molecular flexibility index (Phi) is 5.35. The lowest BCUT2D eigenvalue weighted by molar-refractivity contribution is 0.102. The largest absolute Gasteiger partial charge is 0.344 e. The first-order chi connectivity index (χ1) is 12.2. The van der Waals surface area contributed by atoms with Crippen LogP contribution in [-0.2, 0) is 9.84 Å². The van der Waals surface area contributed by atoms with Crippen molar-refractivity contribution in [2.75, 3.05) is 17.3 Å². The Morgan fingerprint density at radius 3 is 2.58 bits per heavy atom. The van der Waals surface area contributed by atoms with Crippen molar-refractivity contribution >= 4 is 27.4 Å². The second-order valence-corrected chi connectivity index (χ2v) is 10.4. The van der Waals surface area contributed by atoms with Gasteiger partial charge in [-0.1, -0.05) is 17.7 Å². The highest BCUT2D eigenvalue weighted by atomic mass is 32.2. The number of aromatic nitrogens is 1. The fourth-order valence-corrected chi connectivity index (χ4v) is 6.39. The van der Waals surface area contributed by atoms with Crippen molar-refractivity contribution in [3.05, 3.63) is 52.3 Å². The lowest BCUT2D eigenvalue weighted by Crippen LogP contribution is -2.14.